The molecule has 4 nitrogen and oxygen atoms in total. The molecule has 0 heterocycles. The molecule has 1 N–H and O–H groups in total. The van der Waals surface area contributed by atoms with Crippen LogP contribution in [0.5, 0.6) is 0 Å². The van der Waals surface area contributed by atoms with E-state index in [1.807, 2.05) is 0 Å². The molecule has 0 spiro atoms. The number of hydrogen-bond donors (Lipinski definition) is 1. The normalized spacial score (nSPS) is 31.9. The highest BCUT2D eigenvalue weighted by atomic mass is 19.1. The van der Waals surface area contributed by atoms with E-state index in [9.17, 15) is 23.9 Å². The van der Waals surface area contributed by atoms with Crippen molar-refractivity contribution >= 4 is 17.3 Å². The molecule has 0 aliphatic heterocycles. The van der Waals surface area contributed by atoms with Gasteiger partial charge in [0.2, 0.25) is 0 Å². The zero-order valence-electron chi connectivity index (χ0n) is 12.8. The first-order chi connectivity index (χ1) is 10.1. The minimum absolute atomic E-state index is 0.237. The van der Waals surface area contributed by atoms with Crippen LogP contribution in [0.1, 0.15) is 38.7 Å². The molecule has 2 rings (SSSR count). The fourth-order valence-corrected chi connectivity index (χ4v) is 3.59. The van der Waals surface area contributed by atoms with Gasteiger partial charge in [-0.25, -0.2) is 4.39 Å². The van der Waals surface area contributed by atoms with Crippen molar-refractivity contribution < 1.29 is 23.9 Å². The summed E-state index contributed by atoms with van der Waals surface area (Å²) in [5.41, 5.74) is -1.01. The second-order valence-corrected chi connectivity index (χ2v) is 6.25. The maximum atomic E-state index is 13.1. The number of benzene rings is 1. The Kier molecular flexibility index (Phi) is 4.29. The van der Waals surface area contributed by atoms with Gasteiger partial charge in [0, 0.05) is 12.3 Å². The molecule has 1 aliphatic carbocycles. The molecule has 118 valence electrons. The van der Waals surface area contributed by atoms with Crippen molar-refractivity contribution in [3.8, 4) is 0 Å². The molecular formula is C17H19FO4. The van der Waals surface area contributed by atoms with E-state index in [2.05, 4.69) is 0 Å². The standard InChI is InChI=1S/C17H19FO4/c1-9(19)14-13(21)8-17(3,22)16(10(2)20)15(14)11-4-6-12(18)7-5-11/h4-7,14-16,22H,8H2,1-3H3/t14-,15-,16-,17-/m1/s1. The number of carbonyl (C=O) groups is 3. The third-order valence-corrected chi connectivity index (χ3v) is 4.40. The van der Waals surface area contributed by atoms with Gasteiger partial charge in [-0.15, -0.1) is 0 Å². The third-order valence-electron chi connectivity index (χ3n) is 4.40. The summed E-state index contributed by atoms with van der Waals surface area (Å²) < 4.78 is 13.1. The van der Waals surface area contributed by atoms with Crippen LogP contribution < -0.4 is 0 Å². The number of carbonyl (C=O) groups excluding carboxylic acids is 3. The van der Waals surface area contributed by atoms with Crippen LogP contribution in [0.25, 0.3) is 0 Å². The predicted octanol–water partition coefficient (Wildman–Crippen LogP) is 2.04. The molecule has 0 amide bonds. The van der Waals surface area contributed by atoms with Gasteiger partial charge in [-0.05, 0) is 38.5 Å². The molecule has 0 unspecified atom stereocenters. The quantitative estimate of drug-likeness (QED) is 0.868. The lowest BCUT2D eigenvalue weighted by atomic mass is 9.60. The first-order valence-electron chi connectivity index (χ1n) is 7.16. The van der Waals surface area contributed by atoms with Crippen LogP contribution in [0.15, 0.2) is 24.3 Å². The number of halogens is 1. The molecule has 0 aromatic heterocycles. The van der Waals surface area contributed by atoms with Gasteiger partial charge in [0.05, 0.1) is 17.4 Å². The summed E-state index contributed by atoms with van der Waals surface area (Å²) in [6.45, 7) is 4.07. The van der Waals surface area contributed by atoms with E-state index in [1.54, 1.807) is 0 Å². The van der Waals surface area contributed by atoms with Crippen LogP contribution >= 0.6 is 0 Å². The maximum absolute atomic E-state index is 13.1. The molecule has 1 aliphatic rings. The Hall–Kier alpha value is -1.88. The van der Waals surface area contributed by atoms with Crippen molar-refractivity contribution in [1.82, 2.24) is 0 Å². The van der Waals surface area contributed by atoms with E-state index >= 15 is 0 Å². The van der Waals surface area contributed by atoms with Crippen LogP contribution in [-0.2, 0) is 14.4 Å². The number of Topliss-reactive ketones (excluding diaryl/α,β-unsaturated/α-hetero) is 3. The first kappa shape index (κ1) is 16.5. The summed E-state index contributed by atoms with van der Waals surface area (Å²) in [7, 11) is 0. The van der Waals surface area contributed by atoms with Crippen molar-refractivity contribution in [3.05, 3.63) is 35.6 Å². The van der Waals surface area contributed by atoms with Gasteiger partial charge in [-0.2, -0.15) is 0 Å². The fraction of sp³-hybridized carbons (Fsp3) is 0.471. The Bertz CT molecular complexity index is 618. The van der Waals surface area contributed by atoms with Gasteiger partial charge < -0.3 is 5.11 Å². The molecule has 1 aromatic rings. The van der Waals surface area contributed by atoms with E-state index in [4.69, 9.17) is 0 Å². The molecule has 5 heteroatoms. The Morgan fingerprint density at radius 2 is 1.73 bits per heavy atom. The number of rotatable bonds is 3. The summed E-state index contributed by atoms with van der Waals surface area (Å²) in [6, 6.07) is 5.36. The minimum Gasteiger partial charge on any atom is -0.389 e. The summed E-state index contributed by atoms with van der Waals surface area (Å²) in [5.74, 6) is -4.11. The molecule has 1 saturated carbocycles. The SMILES string of the molecule is CC(=O)[C@@H]1C(=O)C[C@@](C)(O)[C@H](C(C)=O)[C@@H]1c1ccc(F)cc1. The van der Waals surface area contributed by atoms with Crippen molar-refractivity contribution in [2.45, 2.75) is 38.7 Å². The van der Waals surface area contributed by atoms with E-state index in [-0.39, 0.29) is 23.8 Å². The molecular weight excluding hydrogens is 287 g/mol. The van der Waals surface area contributed by atoms with E-state index < -0.39 is 29.2 Å². The monoisotopic (exact) mass is 306 g/mol. The topological polar surface area (TPSA) is 71.4 Å². The van der Waals surface area contributed by atoms with Gasteiger partial charge in [-0.3, -0.25) is 14.4 Å². The van der Waals surface area contributed by atoms with Gasteiger partial charge >= 0.3 is 0 Å². The van der Waals surface area contributed by atoms with Gasteiger partial charge in [0.25, 0.3) is 0 Å². The zero-order valence-corrected chi connectivity index (χ0v) is 12.8. The van der Waals surface area contributed by atoms with Crippen molar-refractivity contribution in [2.75, 3.05) is 0 Å². The van der Waals surface area contributed by atoms with Crippen molar-refractivity contribution in [2.24, 2.45) is 11.8 Å². The highest BCUT2D eigenvalue weighted by Crippen LogP contribution is 2.46. The van der Waals surface area contributed by atoms with Crippen LogP contribution in [-0.4, -0.2) is 28.1 Å². The van der Waals surface area contributed by atoms with Crippen molar-refractivity contribution in [1.29, 1.82) is 0 Å². The average Bonchev–Trinajstić information content (AvgIpc) is 2.36. The van der Waals surface area contributed by atoms with E-state index in [0.29, 0.717) is 5.56 Å². The summed E-state index contributed by atoms with van der Waals surface area (Å²) in [6.07, 6.45) is -0.237. The largest absolute Gasteiger partial charge is 0.389 e. The van der Waals surface area contributed by atoms with Crippen LogP contribution in [0.2, 0.25) is 0 Å². The molecule has 1 aromatic carbocycles. The van der Waals surface area contributed by atoms with Gasteiger partial charge in [0.1, 0.15) is 23.2 Å². The maximum Gasteiger partial charge on any atom is 0.146 e. The number of ketones is 3. The van der Waals surface area contributed by atoms with Crippen LogP contribution in [0.3, 0.4) is 0 Å². The fourth-order valence-electron chi connectivity index (χ4n) is 3.59. The molecule has 4 atom stereocenters. The number of hydrogen-bond acceptors (Lipinski definition) is 4. The highest BCUT2D eigenvalue weighted by molar-refractivity contribution is 6.05. The average molecular weight is 306 g/mol. The van der Waals surface area contributed by atoms with Crippen LogP contribution in [0, 0.1) is 17.7 Å². The molecule has 0 saturated heterocycles. The summed E-state index contributed by atoms with van der Waals surface area (Å²) in [4.78, 5) is 36.3. The Balaban J connectivity index is 2.61. The molecule has 0 bridgehead atoms. The van der Waals surface area contributed by atoms with E-state index in [0.717, 1.165) is 0 Å². The Morgan fingerprint density at radius 1 is 1.18 bits per heavy atom. The molecule has 0 radical (unpaired) electrons. The second kappa shape index (κ2) is 5.72. The summed E-state index contributed by atoms with van der Waals surface area (Å²) in [5, 5.41) is 10.5. The lowest BCUT2D eigenvalue weighted by Crippen LogP contribution is -2.53. The number of aliphatic hydroxyl groups is 1. The lowest BCUT2D eigenvalue weighted by molar-refractivity contribution is -0.151. The summed E-state index contributed by atoms with van der Waals surface area (Å²) >= 11 is 0. The predicted molar refractivity (Wildman–Crippen MR) is 77.7 cm³/mol. The van der Waals surface area contributed by atoms with E-state index in [1.165, 1.54) is 45.0 Å². The second-order valence-electron chi connectivity index (χ2n) is 6.25. The van der Waals surface area contributed by atoms with Crippen LogP contribution in [0.4, 0.5) is 4.39 Å². The lowest BCUT2D eigenvalue weighted by Gasteiger charge is -2.44. The van der Waals surface area contributed by atoms with Gasteiger partial charge in [0.15, 0.2) is 0 Å². The minimum atomic E-state index is -1.52. The third kappa shape index (κ3) is 2.86. The smallest absolute Gasteiger partial charge is 0.146 e. The highest BCUT2D eigenvalue weighted by Gasteiger charge is 2.53. The molecule has 1 fully saturated rings. The Labute approximate surface area is 128 Å². The zero-order chi connectivity index (χ0) is 16.7. The first-order valence-corrected chi connectivity index (χ1v) is 7.16. The Morgan fingerprint density at radius 3 is 2.18 bits per heavy atom. The van der Waals surface area contributed by atoms with Crippen molar-refractivity contribution in [3.63, 3.8) is 0 Å². The van der Waals surface area contributed by atoms with Gasteiger partial charge in [-0.1, -0.05) is 12.1 Å². The molecule has 22 heavy (non-hydrogen) atoms.